The molecule has 0 saturated carbocycles. The third-order valence-corrected chi connectivity index (χ3v) is 2.63. The highest BCUT2D eigenvalue weighted by Crippen LogP contribution is 2.15. The molecule has 0 spiro atoms. The molecule has 2 unspecified atom stereocenters. The van der Waals surface area contributed by atoms with Crippen LogP contribution in [0.5, 0.6) is 0 Å². The van der Waals surface area contributed by atoms with E-state index in [2.05, 4.69) is 4.90 Å². The molecule has 0 aromatic rings. The normalized spacial score (nSPS) is 30.5. The topological polar surface area (TPSA) is 49.5 Å². The lowest BCUT2D eigenvalue weighted by Gasteiger charge is -2.27. The van der Waals surface area contributed by atoms with Crippen molar-refractivity contribution in [3.05, 3.63) is 0 Å². The highest BCUT2D eigenvalue weighted by atomic mass is 16.3. The Bertz CT molecular complexity index is 147. The summed E-state index contributed by atoms with van der Waals surface area (Å²) in [6.45, 7) is 6.64. The Kier molecular flexibility index (Phi) is 3.09. The lowest BCUT2D eigenvalue weighted by atomic mass is 10.0. The van der Waals surface area contributed by atoms with Crippen LogP contribution in [0.3, 0.4) is 0 Å². The molecule has 3 nitrogen and oxygen atoms in total. The third kappa shape index (κ3) is 2.73. The van der Waals surface area contributed by atoms with Crippen molar-refractivity contribution in [3.8, 4) is 0 Å². The maximum atomic E-state index is 9.79. The van der Waals surface area contributed by atoms with Gasteiger partial charge in [0.2, 0.25) is 0 Å². The second-order valence-electron chi connectivity index (χ2n) is 4.13. The summed E-state index contributed by atoms with van der Waals surface area (Å²) in [7, 11) is 0. The number of hydrogen-bond donors (Lipinski definition) is 2. The average molecular weight is 172 g/mol. The van der Waals surface area contributed by atoms with Gasteiger partial charge in [0.05, 0.1) is 5.60 Å². The molecule has 0 bridgehead atoms. The number of aliphatic hydroxyl groups is 1. The first kappa shape index (κ1) is 9.96. The molecule has 12 heavy (non-hydrogen) atoms. The minimum absolute atomic E-state index is 0.317. The smallest absolute Gasteiger partial charge is 0.0743 e. The molecule has 1 fully saturated rings. The number of nitrogens with zero attached hydrogens (tertiary/aromatic N) is 1. The van der Waals surface area contributed by atoms with Gasteiger partial charge in [0.15, 0.2) is 0 Å². The number of nitrogens with two attached hydrogens (primary N) is 1. The minimum atomic E-state index is -0.538. The van der Waals surface area contributed by atoms with E-state index in [0.717, 1.165) is 32.5 Å². The van der Waals surface area contributed by atoms with E-state index < -0.39 is 5.60 Å². The first-order valence-corrected chi connectivity index (χ1v) is 4.74. The fraction of sp³-hybridized carbons (Fsp3) is 1.00. The van der Waals surface area contributed by atoms with Crippen LogP contribution < -0.4 is 5.73 Å². The Morgan fingerprint density at radius 1 is 1.67 bits per heavy atom. The first-order chi connectivity index (χ1) is 5.53. The van der Waals surface area contributed by atoms with E-state index in [1.165, 1.54) is 0 Å². The zero-order chi connectivity index (χ0) is 9.19. The van der Waals surface area contributed by atoms with Crippen LogP contribution in [0.1, 0.15) is 26.7 Å². The molecule has 3 N–H and O–H groups in total. The lowest BCUT2D eigenvalue weighted by Crippen LogP contribution is -2.40. The molecule has 1 aliphatic heterocycles. The molecule has 72 valence electrons. The van der Waals surface area contributed by atoms with Crippen LogP contribution >= 0.6 is 0 Å². The maximum Gasteiger partial charge on any atom is 0.0743 e. The molecule has 3 heteroatoms. The average Bonchev–Trinajstić information content (AvgIpc) is 2.35. The van der Waals surface area contributed by atoms with Gasteiger partial charge in [-0.15, -0.1) is 0 Å². The van der Waals surface area contributed by atoms with E-state index in [9.17, 15) is 5.11 Å². The molecule has 0 aliphatic carbocycles. The zero-order valence-electron chi connectivity index (χ0n) is 8.08. The Hall–Kier alpha value is -0.120. The SMILES string of the molecule is CCC(C)(O)CN1CCC(N)C1. The lowest BCUT2D eigenvalue weighted by molar-refractivity contribution is 0.0228. The molecular weight excluding hydrogens is 152 g/mol. The third-order valence-electron chi connectivity index (χ3n) is 2.63. The van der Waals surface area contributed by atoms with Crippen LogP contribution in [0.4, 0.5) is 0 Å². The number of likely N-dealkylation sites (tertiary alicyclic amines) is 1. The van der Waals surface area contributed by atoms with E-state index in [1.807, 2.05) is 13.8 Å². The van der Waals surface area contributed by atoms with Crippen molar-refractivity contribution in [3.63, 3.8) is 0 Å². The molecule has 1 rings (SSSR count). The van der Waals surface area contributed by atoms with Crippen molar-refractivity contribution in [1.82, 2.24) is 4.90 Å². The number of rotatable bonds is 3. The summed E-state index contributed by atoms with van der Waals surface area (Å²) >= 11 is 0. The van der Waals surface area contributed by atoms with Gasteiger partial charge in [-0.2, -0.15) is 0 Å². The van der Waals surface area contributed by atoms with Gasteiger partial charge in [-0.25, -0.2) is 0 Å². The molecule has 0 amide bonds. The monoisotopic (exact) mass is 172 g/mol. The fourth-order valence-electron chi connectivity index (χ4n) is 1.60. The largest absolute Gasteiger partial charge is 0.389 e. The second kappa shape index (κ2) is 3.73. The van der Waals surface area contributed by atoms with Crippen LogP contribution in [0, 0.1) is 0 Å². The van der Waals surface area contributed by atoms with Gasteiger partial charge in [-0.3, -0.25) is 4.90 Å². The quantitative estimate of drug-likeness (QED) is 0.638. The molecule has 2 atom stereocenters. The standard InChI is InChI=1S/C9H20N2O/c1-3-9(2,12)7-11-5-4-8(10)6-11/h8,12H,3-7,10H2,1-2H3. The Morgan fingerprint density at radius 3 is 2.75 bits per heavy atom. The highest BCUT2D eigenvalue weighted by molar-refractivity contribution is 4.83. The van der Waals surface area contributed by atoms with Crippen molar-refractivity contribution in [2.24, 2.45) is 5.73 Å². The van der Waals surface area contributed by atoms with E-state index in [1.54, 1.807) is 0 Å². The zero-order valence-corrected chi connectivity index (χ0v) is 8.08. The first-order valence-electron chi connectivity index (χ1n) is 4.74. The van der Waals surface area contributed by atoms with Gasteiger partial charge in [-0.1, -0.05) is 6.92 Å². The van der Waals surface area contributed by atoms with Gasteiger partial charge < -0.3 is 10.8 Å². The molecule has 1 aliphatic rings. The van der Waals surface area contributed by atoms with Crippen LogP contribution in [0.15, 0.2) is 0 Å². The van der Waals surface area contributed by atoms with Crippen LogP contribution in [-0.4, -0.2) is 41.3 Å². The number of β-amino-alcohol motifs (C(OH)–C–C–N with tert-alkyl or cyclic N) is 1. The van der Waals surface area contributed by atoms with Crippen molar-refractivity contribution in [2.75, 3.05) is 19.6 Å². The predicted octanol–water partition coefficient (Wildman–Crippen LogP) is 0.180. The Balaban J connectivity index is 2.32. The fourth-order valence-corrected chi connectivity index (χ4v) is 1.60. The van der Waals surface area contributed by atoms with Crippen molar-refractivity contribution >= 4 is 0 Å². The van der Waals surface area contributed by atoms with Crippen molar-refractivity contribution in [2.45, 2.75) is 38.3 Å². The van der Waals surface area contributed by atoms with Crippen molar-refractivity contribution < 1.29 is 5.11 Å². The maximum absolute atomic E-state index is 9.79. The van der Waals surface area contributed by atoms with Gasteiger partial charge in [0, 0.05) is 19.1 Å². The predicted molar refractivity (Wildman–Crippen MR) is 49.9 cm³/mol. The molecule has 0 radical (unpaired) electrons. The van der Waals surface area contributed by atoms with E-state index in [0.29, 0.717) is 6.04 Å². The number of hydrogen-bond acceptors (Lipinski definition) is 3. The van der Waals surface area contributed by atoms with E-state index >= 15 is 0 Å². The summed E-state index contributed by atoms with van der Waals surface area (Å²) in [5.74, 6) is 0. The summed E-state index contributed by atoms with van der Waals surface area (Å²) in [6, 6.07) is 0.317. The van der Waals surface area contributed by atoms with Crippen LogP contribution in [0.2, 0.25) is 0 Å². The van der Waals surface area contributed by atoms with Crippen molar-refractivity contribution in [1.29, 1.82) is 0 Å². The van der Waals surface area contributed by atoms with Gasteiger partial charge in [-0.05, 0) is 26.3 Å². The van der Waals surface area contributed by atoms with Gasteiger partial charge >= 0.3 is 0 Å². The molecule has 1 heterocycles. The highest BCUT2D eigenvalue weighted by Gasteiger charge is 2.26. The molecule has 1 saturated heterocycles. The van der Waals surface area contributed by atoms with Gasteiger partial charge in [0.25, 0.3) is 0 Å². The van der Waals surface area contributed by atoms with Crippen LogP contribution in [-0.2, 0) is 0 Å². The molecule has 0 aromatic carbocycles. The van der Waals surface area contributed by atoms with Gasteiger partial charge in [0.1, 0.15) is 0 Å². The summed E-state index contributed by atoms with van der Waals surface area (Å²) in [5.41, 5.74) is 5.22. The summed E-state index contributed by atoms with van der Waals surface area (Å²) in [4.78, 5) is 2.24. The summed E-state index contributed by atoms with van der Waals surface area (Å²) in [6.07, 6.45) is 1.87. The van der Waals surface area contributed by atoms with Crippen LogP contribution in [0.25, 0.3) is 0 Å². The van der Waals surface area contributed by atoms with E-state index in [-0.39, 0.29) is 0 Å². The Morgan fingerprint density at radius 2 is 2.33 bits per heavy atom. The minimum Gasteiger partial charge on any atom is -0.389 e. The molecular formula is C9H20N2O. The second-order valence-corrected chi connectivity index (χ2v) is 4.13. The molecule has 0 aromatic heterocycles. The Labute approximate surface area is 74.5 Å². The summed E-state index contributed by atoms with van der Waals surface area (Å²) in [5, 5.41) is 9.79. The summed E-state index contributed by atoms with van der Waals surface area (Å²) < 4.78 is 0. The van der Waals surface area contributed by atoms with E-state index in [4.69, 9.17) is 5.73 Å².